The number of carbonyl (C=O) groups is 2. The fourth-order valence-electron chi connectivity index (χ4n) is 2.19. The molecule has 0 radical (unpaired) electrons. The number of benzene rings is 1. The molecule has 8 nitrogen and oxygen atoms in total. The van der Waals surface area contributed by atoms with E-state index in [2.05, 4.69) is 5.32 Å². The minimum absolute atomic E-state index is 0.0347. The maximum absolute atomic E-state index is 12.3. The summed E-state index contributed by atoms with van der Waals surface area (Å²) in [6, 6.07) is 8.38. The van der Waals surface area contributed by atoms with E-state index in [1.54, 1.807) is 32.2 Å². The highest BCUT2D eigenvalue weighted by Gasteiger charge is 2.21. The Kier molecular flexibility index (Phi) is 5.31. The molecule has 1 aromatic carbocycles. The second kappa shape index (κ2) is 7.40. The molecular weight excluding hydrogens is 314 g/mol. The normalized spacial score (nSPS) is 11.6. The van der Waals surface area contributed by atoms with Gasteiger partial charge in [-0.3, -0.25) is 19.7 Å². The van der Waals surface area contributed by atoms with Gasteiger partial charge in [0.1, 0.15) is 6.04 Å². The first kappa shape index (κ1) is 17.2. The van der Waals surface area contributed by atoms with Crippen molar-refractivity contribution in [2.24, 2.45) is 0 Å². The number of non-ortho nitro benzene ring substituents is 1. The summed E-state index contributed by atoms with van der Waals surface area (Å²) in [5, 5.41) is 13.3. The highest BCUT2D eigenvalue weighted by atomic mass is 16.6. The van der Waals surface area contributed by atoms with Gasteiger partial charge in [-0.15, -0.1) is 0 Å². The highest BCUT2D eigenvalue weighted by molar-refractivity contribution is 5.95. The molecule has 1 unspecified atom stereocenters. The molecule has 1 atom stereocenters. The van der Waals surface area contributed by atoms with E-state index in [0.717, 1.165) is 0 Å². The van der Waals surface area contributed by atoms with Crippen LogP contribution in [0.4, 0.5) is 5.69 Å². The smallest absolute Gasteiger partial charge is 0.287 e. The molecule has 2 aromatic rings. The number of hydrogen-bond donors (Lipinski definition) is 1. The molecule has 2 rings (SSSR count). The number of carbonyl (C=O) groups excluding carboxylic acids is 2. The molecule has 0 fully saturated rings. The number of rotatable bonds is 6. The van der Waals surface area contributed by atoms with Crippen LogP contribution in [-0.2, 0) is 11.3 Å². The lowest BCUT2D eigenvalue weighted by molar-refractivity contribution is -0.384. The second-order valence-electron chi connectivity index (χ2n) is 5.29. The minimum Gasteiger partial charge on any atom is -0.459 e. The van der Waals surface area contributed by atoms with Crippen LogP contribution < -0.4 is 5.32 Å². The van der Waals surface area contributed by atoms with Crippen molar-refractivity contribution in [3.05, 3.63) is 64.1 Å². The van der Waals surface area contributed by atoms with Gasteiger partial charge in [-0.25, -0.2) is 0 Å². The van der Waals surface area contributed by atoms with Crippen molar-refractivity contribution < 1.29 is 18.9 Å². The number of nitro benzene ring substituents is 1. The van der Waals surface area contributed by atoms with Crippen molar-refractivity contribution in [2.75, 3.05) is 7.05 Å². The molecule has 24 heavy (non-hydrogen) atoms. The number of nitrogens with zero attached hydrogens (tertiary/aromatic N) is 2. The molecule has 0 saturated heterocycles. The predicted octanol–water partition coefficient (Wildman–Crippen LogP) is 1.96. The summed E-state index contributed by atoms with van der Waals surface area (Å²) in [5.41, 5.74) is 0.595. The third kappa shape index (κ3) is 4.19. The fraction of sp³-hybridized carbons (Fsp3) is 0.250. The van der Waals surface area contributed by atoms with Crippen molar-refractivity contribution in [1.82, 2.24) is 10.2 Å². The van der Waals surface area contributed by atoms with E-state index in [1.165, 1.54) is 29.4 Å². The van der Waals surface area contributed by atoms with Crippen LogP contribution in [-0.4, -0.2) is 34.7 Å². The van der Waals surface area contributed by atoms with Gasteiger partial charge in [0.2, 0.25) is 5.91 Å². The summed E-state index contributed by atoms with van der Waals surface area (Å²) in [4.78, 5) is 35.9. The van der Waals surface area contributed by atoms with Gasteiger partial charge < -0.3 is 14.6 Å². The van der Waals surface area contributed by atoms with Crippen molar-refractivity contribution in [1.29, 1.82) is 0 Å². The van der Waals surface area contributed by atoms with Gasteiger partial charge in [-0.05, 0) is 24.6 Å². The molecule has 1 heterocycles. The molecule has 1 aromatic heterocycles. The number of nitro groups is 1. The van der Waals surface area contributed by atoms with Crippen molar-refractivity contribution in [3.8, 4) is 0 Å². The second-order valence-corrected chi connectivity index (χ2v) is 5.29. The summed E-state index contributed by atoms with van der Waals surface area (Å²) in [6.45, 7) is 1.76. The lowest BCUT2D eigenvalue weighted by Gasteiger charge is -2.22. The lowest BCUT2D eigenvalue weighted by atomic mass is 10.2. The summed E-state index contributed by atoms with van der Waals surface area (Å²) in [5.74, 6) is -0.679. The van der Waals surface area contributed by atoms with Crippen molar-refractivity contribution in [3.63, 3.8) is 0 Å². The number of hydrogen-bond acceptors (Lipinski definition) is 5. The first-order chi connectivity index (χ1) is 11.4. The Bertz CT molecular complexity index is 742. The number of likely N-dealkylation sites (N-methyl/N-ethyl adjacent to an activating group) is 1. The monoisotopic (exact) mass is 331 g/mol. The van der Waals surface area contributed by atoms with E-state index in [9.17, 15) is 19.7 Å². The van der Waals surface area contributed by atoms with Crippen LogP contribution in [0, 0.1) is 10.1 Å². The molecule has 0 aliphatic rings. The summed E-state index contributed by atoms with van der Waals surface area (Å²) in [7, 11) is 1.57. The molecule has 1 N–H and O–H groups in total. The Balaban J connectivity index is 1.97. The molecule has 126 valence electrons. The van der Waals surface area contributed by atoms with Gasteiger partial charge in [0, 0.05) is 25.7 Å². The van der Waals surface area contributed by atoms with E-state index in [0.29, 0.717) is 5.56 Å². The first-order valence-electron chi connectivity index (χ1n) is 7.21. The van der Waals surface area contributed by atoms with E-state index in [4.69, 9.17) is 4.42 Å². The Morgan fingerprint density at radius 1 is 1.33 bits per heavy atom. The van der Waals surface area contributed by atoms with Crippen LogP contribution in [0.2, 0.25) is 0 Å². The van der Waals surface area contributed by atoms with Crippen LogP contribution >= 0.6 is 0 Å². The van der Waals surface area contributed by atoms with Crippen LogP contribution in [0.1, 0.15) is 23.0 Å². The molecule has 8 heteroatoms. The molecule has 0 aliphatic heterocycles. The average molecular weight is 331 g/mol. The van der Waals surface area contributed by atoms with Gasteiger partial charge in [-0.1, -0.05) is 12.1 Å². The zero-order chi connectivity index (χ0) is 17.7. The topological polar surface area (TPSA) is 106 Å². The number of amides is 2. The number of nitrogens with one attached hydrogen (secondary N) is 1. The van der Waals surface area contributed by atoms with Crippen LogP contribution in [0.15, 0.2) is 47.1 Å². The molecular formula is C16H17N3O5. The largest absolute Gasteiger partial charge is 0.459 e. The van der Waals surface area contributed by atoms with E-state index < -0.39 is 16.9 Å². The van der Waals surface area contributed by atoms with Gasteiger partial charge in [-0.2, -0.15) is 0 Å². The van der Waals surface area contributed by atoms with E-state index in [1.807, 2.05) is 0 Å². The molecule has 2 amide bonds. The fourth-order valence-corrected chi connectivity index (χ4v) is 2.19. The Morgan fingerprint density at radius 2 is 2.08 bits per heavy atom. The molecule has 0 spiro atoms. The predicted molar refractivity (Wildman–Crippen MR) is 85.2 cm³/mol. The zero-order valence-corrected chi connectivity index (χ0v) is 13.3. The maximum Gasteiger partial charge on any atom is 0.287 e. The van der Waals surface area contributed by atoms with Gasteiger partial charge in [0.25, 0.3) is 11.6 Å². The number of furan rings is 1. The first-order valence-corrected chi connectivity index (χ1v) is 7.21. The van der Waals surface area contributed by atoms with Crippen LogP contribution in [0.25, 0.3) is 0 Å². The Morgan fingerprint density at radius 3 is 2.71 bits per heavy atom. The quantitative estimate of drug-likeness (QED) is 0.643. The van der Waals surface area contributed by atoms with Crippen LogP contribution in [0.3, 0.4) is 0 Å². The van der Waals surface area contributed by atoms with Gasteiger partial charge in [0.15, 0.2) is 5.76 Å². The summed E-state index contributed by atoms with van der Waals surface area (Å²) >= 11 is 0. The SMILES string of the molecule is CC(NC(=O)c1ccco1)C(=O)N(C)Cc1cccc([N+](=O)[O-])c1. The maximum atomic E-state index is 12.3. The third-order valence-electron chi connectivity index (χ3n) is 3.38. The van der Waals surface area contributed by atoms with Gasteiger partial charge in [0.05, 0.1) is 11.2 Å². The standard InChI is InChI=1S/C16H17N3O5/c1-11(17-15(20)14-7-4-8-24-14)16(21)18(2)10-12-5-3-6-13(9-12)19(22)23/h3-9,11H,10H2,1-2H3,(H,17,20). The van der Waals surface area contributed by atoms with Crippen molar-refractivity contribution >= 4 is 17.5 Å². The average Bonchev–Trinajstić information content (AvgIpc) is 3.08. The van der Waals surface area contributed by atoms with Crippen LogP contribution in [0.5, 0.6) is 0 Å². The van der Waals surface area contributed by atoms with E-state index >= 15 is 0 Å². The molecule has 0 bridgehead atoms. The van der Waals surface area contributed by atoms with Gasteiger partial charge >= 0.3 is 0 Å². The van der Waals surface area contributed by atoms with Crippen molar-refractivity contribution in [2.45, 2.75) is 19.5 Å². The lowest BCUT2D eigenvalue weighted by Crippen LogP contribution is -2.45. The molecule has 0 aliphatic carbocycles. The Hall–Kier alpha value is -3.16. The van der Waals surface area contributed by atoms with E-state index in [-0.39, 0.29) is 23.9 Å². The summed E-state index contributed by atoms with van der Waals surface area (Å²) < 4.78 is 4.97. The third-order valence-corrected chi connectivity index (χ3v) is 3.38. The molecule has 0 saturated carbocycles. The Labute approximate surface area is 138 Å². The highest BCUT2D eigenvalue weighted by Crippen LogP contribution is 2.14. The minimum atomic E-state index is -0.758. The zero-order valence-electron chi connectivity index (χ0n) is 13.3. The summed E-state index contributed by atoms with van der Waals surface area (Å²) in [6.07, 6.45) is 1.37.